The zero-order valence-electron chi connectivity index (χ0n) is 5.72. The summed E-state index contributed by atoms with van der Waals surface area (Å²) in [5, 5.41) is 4.58. The van der Waals surface area contributed by atoms with Crippen LogP contribution in [0.5, 0.6) is 0 Å². The molecule has 51 valence electrons. The van der Waals surface area contributed by atoms with E-state index in [0.29, 0.717) is 6.54 Å². The molecule has 0 aromatic rings. The van der Waals surface area contributed by atoms with Gasteiger partial charge in [0, 0.05) is 36.1 Å². The van der Waals surface area contributed by atoms with Crippen LogP contribution in [-0.4, -0.2) is 44.5 Å². The molecule has 0 atom stereocenters. The van der Waals surface area contributed by atoms with E-state index in [9.17, 15) is 8.42 Å². The summed E-state index contributed by atoms with van der Waals surface area (Å²) in [7, 11) is -3.44. The molecule has 0 saturated carbocycles. The maximum Gasteiger partial charge on any atom is 0.274 e. The number of rotatable bonds is 3. The molecule has 0 aliphatic carbocycles. The summed E-state index contributed by atoms with van der Waals surface area (Å²) in [6, 6.07) is 0. The van der Waals surface area contributed by atoms with Gasteiger partial charge in [-0.05, 0) is 6.42 Å². The number of nitrogens with two attached hydrogens (primary N) is 1. The van der Waals surface area contributed by atoms with Gasteiger partial charge in [-0.25, -0.2) is 9.86 Å². The van der Waals surface area contributed by atoms with Crippen LogP contribution in [-0.2, 0) is 10.2 Å². The largest absolute Gasteiger partial charge is 0.274 e. The first-order valence-electron chi connectivity index (χ1n) is 2.33. The molecule has 0 heterocycles. The van der Waals surface area contributed by atoms with Gasteiger partial charge >= 0.3 is 0 Å². The molecule has 3 N–H and O–H groups in total. The Morgan fingerprint density at radius 3 is 2.11 bits per heavy atom. The summed E-state index contributed by atoms with van der Waals surface area (Å²) in [4.78, 5) is 0. The Labute approximate surface area is 77.7 Å². The van der Waals surface area contributed by atoms with Crippen molar-refractivity contribution in [2.45, 2.75) is 13.3 Å². The molecule has 0 amide bonds. The second-order valence-electron chi connectivity index (χ2n) is 1.44. The molecule has 0 aromatic carbocycles. The first kappa shape index (κ1) is 12.5. The van der Waals surface area contributed by atoms with Crippen LogP contribution in [0.25, 0.3) is 0 Å². The van der Waals surface area contributed by atoms with E-state index >= 15 is 0 Å². The summed E-state index contributed by atoms with van der Waals surface area (Å²) < 4.78 is 22.2. The van der Waals surface area contributed by atoms with Crippen molar-refractivity contribution in [1.29, 1.82) is 0 Å². The Hall–Kier alpha value is 0.870. The van der Waals surface area contributed by atoms with Crippen LogP contribution in [0.4, 0.5) is 0 Å². The number of nitrogens with one attached hydrogen (secondary N) is 1. The third-order valence-electron chi connectivity index (χ3n) is 0.553. The van der Waals surface area contributed by atoms with Crippen molar-refractivity contribution in [2.75, 3.05) is 6.54 Å². The Balaban J connectivity index is 0. The van der Waals surface area contributed by atoms with Crippen molar-refractivity contribution in [1.82, 2.24) is 4.72 Å². The molecule has 0 fully saturated rings. The molecular weight excluding hydrogens is 151 g/mol. The summed E-state index contributed by atoms with van der Waals surface area (Å²) >= 11 is 0. The van der Waals surface area contributed by atoms with E-state index in [-0.39, 0.29) is 29.6 Å². The third-order valence-corrected chi connectivity index (χ3v) is 1.16. The number of hydrogen-bond donors (Lipinski definition) is 2. The standard InChI is InChI=1S/C3H10N2O2S.Na/c1-2-3-5-8(4,6)7;/h5H,2-3H2,1H3,(H2,4,6,7);. The van der Waals surface area contributed by atoms with Crippen LogP contribution in [0.1, 0.15) is 13.3 Å². The molecule has 0 saturated heterocycles. The molecule has 6 heteroatoms. The van der Waals surface area contributed by atoms with Crippen molar-refractivity contribution in [2.24, 2.45) is 5.14 Å². The molecule has 0 aliphatic rings. The molecule has 4 nitrogen and oxygen atoms in total. The zero-order valence-corrected chi connectivity index (χ0v) is 8.53. The maximum absolute atomic E-state index is 10.1. The van der Waals surface area contributed by atoms with E-state index in [2.05, 4.69) is 9.86 Å². The van der Waals surface area contributed by atoms with Gasteiger partial charge in [-0.3, -0.25) is 0 Å². The quantitative estimate of drug-likeness (QED) is 0.511. The predicted octanol–water partition coefficient (Wildman–Crippen LogP) is -1.19. The molecule has 0 aromatic heterocycles. The first-order valence-corrected chi connectivity index (χ1v) is 3.88. The monoisotopic (exact) mass is 161 g/mol. The van der Waals surface area contributed by atoms with Crippen LogP contribution in [0.2, 0.25) is 0 Å². The van der Waals surface area contributed by atoms with Crippen molar-refractivity contribution in [3.63, 3.8) is 0 Å². The van der Waals surface area contributed by atoms with Crippen molar-refractivity contribution in [3.05, 3.63) is 0 Å². The minimum Gasteiger partial charge on any atom is -0.216 e. The Morgan fingerprint density at radius 1 is 1.56 bits per heavy atom. The SMILES string of the molecule is CCCNS(N)(=O)=O.[Na]. The van der Waals surface area contributed by atoms with Crippen LogP contribution in [0.15, 0.2) is 0 Å². The van der Waals surface area contributed by atoms with Gasteiger partial charge in [0.05, 0.1) is 0 Å². The van der Waals surface area contributed by atoms with Gasteiger partial charge in [0.2, 0.25) is 0 Å². The summed E-state index contributed by atoms with van der Waals surface area (Å²) in [6.07, 6.45) is 0.760. The van der Waals surface area contributed by atoms with E-state index in [1.807, 2.05) is 6.92 Å². The van der Waals surface area contributed by atoms with E-state index < -0.39 is 10.2 Å². The second kappa shape index (κ2) is 5.64. The van der Waals surface area contributed by atoms with E-state index in [4.69, 9.17) is 0 Å². The van der Waals surface area contributed by atoms with Crippen molar-refractivity contribution in [3.8, 4) is 0 Å². The van der Waals surface area contributed by atoms with Gasteiger partial charge in [0.25, 0.3) is 10.2 Å². The average Bonchev–Trinajstić information content (AvgIpc) is 1.59. The Kier molecular flexibility index (Phi) is 7.86. The second-order valence-corrected chi connectivity index (χ2v) is 2.82. The third kappa shape index (κ3) is 12.1. The summed E-state index contributed by atoms with van der Waals surface area (Å²) in [6.45, 7) is 2.27. The fourth-order valence-corrected chi connectivity index (χ4v) is 0.733. The molecule has 0 spiro atoms. The Morgan fingerprint density at radius 2 is 2.00 bits per heavy atom. The summed E-state index contributed by atoms with van der Waals surface area (Å²) in [5.74, 6) is 0. The van der Waals surface area contributed by atoms with Gasteiger partial charge in [0.1, 0.15) is 0 Å². The Bertz CT molecular complexity index is 144. The van der Waals surface area contributed by atoms with Crippen LogP contribution >= 0.6 is 0 Å². The smallest absolute Gasteiger partial charge is 0.216 e. The molecule has 0 unspecified atom stereocenters. The van der Waals surface area contributed by atoms with E-state index in [1.165, 1.54) is 0 Å². The minimum atomic E-state index is -3.44. The van der Waals surface area contributed by atoms with Crippen LogP contribution in [0, 0.1) is 0 Å². The predicted molar refractivity (Wildman–Crippen MR) is 37.2 cm³/mol. The van der Waals surface area contributed by atoms with Crippen molar-refractivity contribution < 1.29 is 8.42 Å². The summed E-state index contributed by atoms with van der Waals surface area (Å²) in [5.41, 5.74) is 0. The minimum absolute atomic E-state index is 0. The normalized spacial score (nSPS) is 10.4. The number of hydrogen-bond acceptors (Lipinski definition) is 2. The van der Waals surface area contributed by atoms with Crippen molar-refractivity contribution >= 4 is 39.8 Å². The maximum atomic E-state index is 10.1. The average molecular weight is 161 g/mol. The molecule has 9 heavy (non-hydrogen) atoms. The van der Waals surface area contributed by atoms with Gasteiger partial charge in [-0.1, -0.05) is 6.92 Å². The van der Waals surface area contributed by atoms with Gasteiger partial charge < -0.3 is 0 Å². The topological polar surface area (TPSA) is 72.2 Å². The van der Waals surface area contributed by atoms with Crippen LogP contribution < -0.4 is 9.86 Å². The molecule has 1 radical (unpaired) electrons. The molecular formula is C3H10N2NaO2S. The van der Waals surface area contributed by atoms with Gasteiger partial charge in [0.15, 0.2) is 0 Å². The van der Waals surface area contributed by atoms with E-state index in [1.54, 1.807) is 0 Å². The molecule has 0 bridgehead atoms. The first-order chi connectivity index (χ1) is 3.56. The van der Waals surface area contributed by atoms with E-state index in [0.717, 1.165) is 6.42 Å². The van der Waals surface area contributed by atoms with Gasteiger partial charge in [-0.15, -0.1) is 0 Å². The molecule has 0 aliphatic heterocycles. The fourth-order valence-electron chi connectivity index (χ4n) is 0.244. The molecule has 0 rings (SSSR count). The van der Waals surface area contributed by atoms with Crippen LogP contribution in [0.3, 0.4) is 0 Å². The van der Waals surface area contributed by atoms with Gasteiger partial charge in [-0.2, -0.15) is 8.42 Å². The zero-order chi connectivity index (χ0) is 6.62. The fraction of sp³-hybridized carbons (Fsp3) is 1.00.